The molecular weight excluding hydrogens is 348 g/mol. The van der Waals surface area contributed by atoms with Crippen LogP contribution in [-0.4, -0.2) is 20.7 Å². The van der Waals surface area contributed by atoms with Gasteiger partial charge in [-0.05, 0) is 49.4 Å². The van der Waals surface area contributed by atoms with Crippen molar-refractivity contribution in [2.45, 2.75) is 32.1 Å². The maximum Gasteiger partial charge on any atom is 0.225 e. The number of hydrogen-bond acceptors (Lipinski definition) is 2. The normalized spacial score (nSPS) is 13.0. The molecule has 5 heteroatoms. The van der Waals surface area contributed by atoms with Crippen LogP contribution in [0.4, 0.5) is 5.82 Å². The lowest BCUT2D eigenvalue weighted by Gasteiger charge is -2.11. The van der Waals surface area contributed by atoms with Crippen LogP contribution in [0, 0.1) is 0 Å². The highest BCUT2D eigenvalue weighted by atomic mass is 16.1. The monoisotopic (exact) mass is 370 g/mol. The largest absolute Gasteiger partial charge is 0.361 e. The fourth-order valence-corrected chi connectivity index (χ4v) is 4.06. The number of H-pyrrole nitrogens is 1. The quantitative estimate of drug-likeness (QED) is 0.546. The average Bonchev–Trinajstić information content (AvgIpc) is 3.43. The second-order valence-electron chi connectivity index (χ2n) is 7.28. The average molecular weight is 370 g/mol. The van der Waals surface area contributed by atoms with E-state index < -0.39 is 0 Å². The van der Waals surface area contributed by atoms with E-state index >= 15 is 0 Å². The summed E-state index contributed by atoms with van der Waals surface area (Å²) in [5.41, 5.74) is 5.55. The van der Waals surface area contributed by atoms with Crippen molar-refractivity contribution >= 4 is 22.6 Å². The highest BCUT2D eigenvalue weighted by Crippen LogP contribution is 2.31. The first kappa shape index (κ1) is 16.8. The number of benzene rings is 2. The molecule has 5 rings (SSSR count). The van der Waals surface area contributed by atoms with Gasteiger partial charge in [-0.15, -0.1) is 0 Å². The Morgan fingerprint density at radius 3 is 2.79 bits per heavy atom. The predicted octanol–water partition coefficient (Wildman–Crippen LogP) is 4.41. The molecule has 2 aromatic carbocycles. The van der Waals surface area contributed by atoms with Crippen molar-refractivity contribution in [3.8, 4) is 5.69 Å². The van der Waals surface area contributed by atoms with Gasteiger partial charge in [0.2, 0.25) is 5.91 Å². The van der Waals surface area contributed by atoms with Crippen LogP contribution in [0.1, 0.15) is 29.7 Å². The topological polar surface area (TPSA) is 62.7 Å². The molecule has 1 aliphatic rings. The summed E-state index contributed by atoms with van der Waals surface area (Å²) in [7, 11) is 0. The van der Waals surface area contributed by atoms with Crippen molar-refractivity contribution in [3.63, 3.8) is 0 Å². The number of aromatic amines is 1. The van der Waals surface area contributed by atoms with E-state index in [2.05, 4.69) is 22.4 Å². The number of rotatable bonds is 5. The highest BCUT2D eigenvalue weighted by molar-refractivity contribution is 5.92. The Bertz CT molecular complexity index is 1140. The number of aromatic nitrogens is 3. The van der Waals surface area contributed by atoms with Gasteiger partial charge in [-0.25, -0.2) is 4.68 Å². The molecule has 0 bridgehead atoms. The SMILES string of the molecule is O=C(CCc1c[nH]c2ccccc12)Nc1c2c(nn1-c1ccccc1)CCC2. The van der Waals surface area contributed by atoms with Crippen molar-refractivity contribution in [3.05, 3.63) is 77.6 Å². The zero-order valence-corrected chi connectivity index (χ0v) is 15.6. The van der Waals surface area contributed by atoms with Gasteiger partial charge in [0.1, 0.15) is 5.82 Å². The number of para-hydroxylation sites is 2. The van der Waals surface area contributed by atoms with Crippen LogP contribution in [0.5, 0.6) is 0 Å². The van der Waals surface area contributed by atoms with Gasteiger partial charge >= 0.3 is 0 Å². The summed E-state index contributed by atoms with van der Waals surface area (Å²) in [5, 5.41) is 9.10. The van der Waals surface area contributed by atoms with Gasteiger partial charge < -0.3 is 10.3 Å². The molecular formula is C23H22N4O. The van der Waals surface area contributed by atoms with Gasteiger partial charge in [0.15, 0.2) is 0 Å². The summed E-state index contributed by atoms with van der Waals surface area (Å²) < 4.78 is 1.88. The highest BCUT2D eigenvalue weighted by Gasteiger charge is 2.24. The number of carbonyl (C=O) groups is 1. The maximum absolute atomic E-state index is 12.8. The number of carbonyl (C=O) groups excluding carboxylic acids is 1. The van der Waals surface area contributed by atoms with Gasteiger partial charge in [-0.1, -0.05) is 36.4 Å². The third-order valence-corrected chi connectivity index (χ3v) is 5.46. The molecule has 0 fully saturated rings. The second-order valence-corrected chi connectivity index (χ2v) is 7.28. The fourth-order valence-electron chi connectivity index (χ4n) is 4.06. The molecule has 0 saturated carbocycles. The minimum absolute atomic E-state index is 0.0251. The number of aryl methyl sites for hydroxylation is 2. The minimum atomic E-state index is 0.0251. The lowest BCUT2D eigenvalue weighted by atomic mass is 10.1. The summed E-state index contributed by atoms with van der Waals surface area (Å²) in [5.74, 6) is 0.861. The molecule has 0 unspecified atom stereocenters. The molecule has 0 aliphatic heterocycles. The molecule has 0 atom stereocenters. The number of anilines is 1. The lowest BCUT2D eigenvalue weighted by molar-refractivity contribution is -0.116. The van der Waals surface area contributed by atoms with Gasteiger partial charge in [0.05, 0.1) is 11.4 Å². The molecule has 5 nitrogen and oxygen atoms in total. The van der Waals surface area contributed by atoms with Crippen LogP contribution in [0.25, 0.3) is 16.6 Å². The Hall–Kier alpha value is -3.34. The lowest BCUT2D eigenvalue weighted by Crippen LogP contribution is -2.16. The summed E-state index contributed by atoms with van der Waals surface area (Å²) in [6.07, 6.45) is 6.21. The standard InChI is InChI=1S/C23H22N4O/c28-22(14-13-16-15-24-20-11-5-4-9-18(16)20)25-23-19-10-6-12-21(19)26-27(23)17-7-2-1-3-8-17/h1-5,7-9,11,15,24H,6,10,12-14H2,(H,25,28). The van der Waals surface area contributed by atoms with E-state index in [9.17, 15) is 4.79 Å². The van der Waals surface area contributed by atoms with Crippen LogP contribution in [-0.2, 0) is 24.1 Å². The van der Waals surface area contributed by atoms with E-state index in [0.717, 1.165) is 42.0 Å². The summed E-state index contributed by atoms with van der Waals surface area (Å²) in [6.45, 7) is 0. The van der Waals surface area contributed by atoms with Crippen molar-refractivity contribution in [1.29, 1.82) is 0 Å². The Balaban J connectivity index is 1.36. The van der Waals surface area contributed by atoms with Crippen molar-refractivity contribution < 1.29 is 4.79 Å². The van der Waals surface area contributed by atoms with E-state index in [1.165, 1.54) is 16.5 Å². The Labute approximate surface area is 163 Å². The zero-order valence-electron chi connectivity index (χ0n) is 15.6. The summed E-state index contributed by atoms with van der Waals surface area (Å²) in [6, 6.07) is 18.2. The zero-order chi connectivity index (χ0) is 18.9. The molecule has 4 aromatic rings. The van der Waals surface area contributed by atoms with Crippen LogP contribution in [0.15, 0.2) is 60.8 Å². The van der Waals surface area contributed by atoms with Crippen LogP contribution in [0.3, 0.4) is 0 Å². The van der Waals surface area contributed by atoms with Gasteiger partial charge in [-0.2, -0.15) is 5.10 Å². The molecule has 28 heavy (non-hydrogen) atoms. The first-order valence-electron chi connectivity index (χ1n) is 9.80. The number of hydrogen-bond donors (Lipinski definition) is 2. The minimum Gasteiger partial charge on any atom is -0.361 e. The first-order chi connectivity index (χ1) is 13.8. The van der Waals surface area contributed by atoms with E-state index in [1.807, 2.05) is 53.3 Å². The smallest absolute Gasteiger partial charge is 0.225 e. The summed E-state index contributed by atoms with van der Waals surface area (Å²) in [4.78, 5) is 16.0. The molecule has 140 valence electrons. The number of nitrogens with zero attached hydrogens (tertiary/aromatic N) is 2. The Morgan fingerprint density at radius 2 is 1.89 bits per heavy atom. The van der Waals surface area contributed by atoms with Crippen molar-refractivity contribution in [2.24, 2.45) is 0 Å². The van der Waals surface area contributed by atoms with E-state index in [4.69, 9.17) is 5.10 Å². The molecule has 0 radical (unpaired) electrons. The van der Waals surface area contributed by atoms with Crippen LogP contribution < -0.4 is 5.32 Å². The fraction of sp³-hybridized carbons (Fsp3) is 0.217. The third-order valence-electron chi connectivity index (χ3n) is 5.46. The molecule has 0 saturated heterocycles. The van der Waals surface area contributed by atoms with E-state index in [0.29, 0.717) is 12.8 Å². The maximum atomic E-state index is 12.8. The summed E-state index contributed by atoms with van der Waals surface area (Å²) >= 11 is 0. The third kappa shape index (κ3) is 2.99. The van der Waals surface area contributed by atoms with Crippen molar-refractivity contribution in [1.82, 2.24) is 14.8 Å². The van der Waals surface area contributed by atoms with E-state index in [-0.39, 0.29) is 5.91 Å². The second kappa shape index (κ2) is 7.00. The first-order valence-corrected chi connectivity index (χ1v) is 9.80. The number of nitrogens with one attached hydrogen (secondary N) is 2. The van der Waals surface area contributed by atoms with Crippen molar-refractivity contribution in [2.75, 3.05) is 5.32 Å². The predicted molar refractivity (Wildman–Crippen MR) is 111 cm³/mol. The van der Waals surface area contributed by atoms with Gasteiger partial charge in [0.25, 0.3) is 0 Å². The van der Waals surface area contributed by atoms with Crippen LogP contribution >= 0.6 is 0 Å². The number of amides is 1. The molecule has 2 heterocycles. The molecule has 2 aromatic heterocycles. The number of fused-ring (bicyclic) bond motifs is 2. The van der Waals surface area contributed by atoms with Gasteiger partial charge in [0, 0.05) is 29.1 Å². The van der Waals surface area contributed by atoms with E-state index in [1.54, 1.807) is 0 Å². The molecule has 1 amide bonds. The molecule has 1 aliphatic carbocycles. The van der Waals surface area contributed by atoms with Gasteiger partial charge in [-0.3, -0.25) is 4.79 Å². The Kier molecular flexibility index (Phi) is 4.20. The Morgan fingerprint density at radius 1 is 1.07 bits per heavy atom. The molecule has 2 N–H and O–H groups in total. The molecule has 0 spiro atoms. The van der Waals surface area contributed by atoms with Crippen LogP contribution in [0.2, 0.25) is 0 Å².